The summed E-state index contributed by atoms with van der Waals surface area (Å²) in [5, 5.41) is 6.32. The van der Waals surface area contributed by atoms with E-state index in [-0.39, 0.29) is 31.0 Å². The fourth-order valence-corrected chi connectivity index (χ4v) is 8.11. The number of amides is 3. The summed E-state index contributed by atoms with van der Waals surface area (Å²) >= 11 is 0. The normalized spacial score (nSPS) is 19.5. The Morgan fingerprint density at radius 2 is 1.33 bits per heavy atom. The number of ether oxygens (including phenoxy) is 2. The number of hydrogen-bond acceptors (Lipinski definition) is 7. The highest BCUT2D eigenvalue weighted by molar-refractivity contribution is 5.92. The van der Waals surface area contributed by atoms with Gasteiger partial charge in [0.1, 0.15) is 17.2 Å². The van der Waals surface area contributed by atoms with Gasteiger partial charge in [-0.15, -0.1) is 0 Å². The van der Waals surface area contributed by atoms with Gasteiger partial charge in [-0.2, -0.15) is 0 Å². The number of hydrogen-bond donors (Lipinski definition) is 2. The minimum atomic E-state index is -1.18. The zero-order valence-electron chi connectivity index (χ0n) is 32.2. The highest BCUT2D eigenvalue weighted by Crippen LogP contribution is 2.37. The number of esters is 1. The van der Waals surface area contributed by atoms with Crippen LogP contribution in [0.4, 0.5) is 4.79 Å². The maximum Gasteiger partial charge on any atom is 0.407 e. The molecule has 2 saturated heterocycles. The number of nitrogens with zero attached hydrogens (tertiary/aromatic N) is 2. The van der Waals surface area contributed by atoms with Gasteiger partial charge in [0.2, 0.25) is 11.8 Å². The van der Waals surface area contributed by atoms with E-state index in [1.165, 1.54) is 17.6 Å². The highest BCUT2D eigenvalue weighted by Gasteiger charge is 2.48. The lowest BCUT2D eigenvalue weighted by Crippen LogP contribution is -2.54. The molecule has 3 amide bonds. The summed E-state index contributed by atoms with van der Waals surface area (Å²) < 4.78 is 10.9. The van der Waals surface area contributed by atoms with Crippen molar-refractivity contribution in [3.63, 3.8) is 0 Å². The van der Waals surface area contributed by atoms with Gasteiger partial charge in [-0.25, -0.2) is 9.59 Å². The van der Waals surface area contributed by atoms with E-state index in [1.807, 2.05) is 130 Å². The summed E-state index contributed by atoms with van der Waals surface area (Å²) in [4.78, 5) is 59.5. The SMILES string of the molecule is COC(=O)[C@@H](CC(=O)NC(c1ccccc1)(c1ccccc1)c1ccccc1)N1CCC(CCc2ccccc2)N2C[C@H](NC(=O)OC(C)(C)C)C[C@H]2C1=O. The van der Waals surface area contributed by atoms with Gasteiger partial charge in [-0.3, -0.25) is 14.5 Å². The number of methoxy groups -OCH3 is 1. The van der Waals surface area contributed by atoms with Crippen LogP contribution in [0.1, 0.15) is 68.7 Å². The molecule has 0 aromatic heterocycles. The third-order valence-electron chi connectivity index (χ3n) is 10.6. The lowest BCUT2D eigenvalue weighted by molar-refractivity contribution is -0.155. The van der Waals surface area contributed by atoms with E-state index in [2.05, 4.69) is 27.7 Å². The molecule has 2 N–H and O–H groups in total. The van der Waals surface area contributed by atoms with E-state index in [4.69, 9.17) is 9.47 Å². The first-order chi connectivity index (χ1) is 26.5. The summed E-state index contributed by atoms with van der Waals surface area (Å²) in [6.45, 7) is 6.15. The molecule has 0 aliphatic carbocycles. The van der Waals surface area contributed by atoms with Crippen LogP contribution in [-0.2, 0) is 35.8 Å². The van der Waals surface area contributed by atoms with Crippen molar-refractivity contribution in [3.8, 4) is 0 Å². The summed E-state index contributed by atoms with van der Waals surface area (Å²) in [7, 11) is 1.28. The number of rotatable bonds is 12. The van der Waals surface area contributed by atoms with Gasteiger partial charge < -0.3 is 25.0 Å². The molecule has 0 radical (unpaired) electrons. The van der Waals surface area contributed by atoms with Crippen molar-refractivity contribution < 1.29 is 28.7 Å². The topological polar surface area (TPSA) is 117 Å². The Kier molecular flexibility index (Phi) is 12.4. The Morgan fingerprint density at radius 3 is 1.84 bits per heavy atom. The van der Waals surface area contributed by atoms with Crippen molar-refractivity contribution in [1.82, 2.24) is 20.4 Å². The van der Waals surface area contributed by atoms with Crippen molar-refractivity contribution in [2.45, 2.75) is 88.2 Å². The fourth-order valence-electron chi connectivity index (χ4n) is 8.11. The number of carbonyl (C=O) groups is 4. The van der Waals surface area contributed by atoms with Gasteiger partial charge in [0, 0.05) is 25.2 Å². The van der Waals surface area contributed by atoms with Crippen molar-refractivity contribution >= 4 is 23.9 Å². The van der Waals surface area contributed by atoms with Crippen LogP contribution in [-0.4, -0.2) is 83.6 Å². The lowest BCUT2D eigenvalue weighted by atomic mass is 9.77. The zero-order valence-corrected chi connectivity index (χ0v) is 32.2. The van der Waals surface area contributed by atoms with Crippen molar-refractivity contribution in [3.05, 3.63) is 144 Å². The Hall–Kier alpha value is -5.48. The first-order valence-corrected chi connectivity index (χ1v) is 19.1. The Bertz CT molecular complexity index is 1800. The second-order valence-electron chi connectivity index (χ2n) is 15.4. The summed E-state index contributed by atoms with van der Waals surface area (Å²) in [5.41, 5.74) is 1.94. The number of alkyl carbamates (subject to hydrolysis) is 1. The monoisotopic (exact) mass is 744 g/mol. The molecule has 6 rings (SSSR count). The van der Waals surface area contributed by atoms with Gasteiger partial charge in [0.15, 0.2) is 0 Å². The van der Waals surface area contributed by atoms with E-state index >= 15 is 0 Å². The molecule has 55 heavy (non-hydrogen) atoms. The Labute approximate surface area is 324 Å². The van der Waals surface area contributed by atoms with Crippen LogP contribution in [0.15, 0.2) is 121 Å². The summed E-state index contributed by atoms with van der Waals surface area (Å²) in [6.07, 6.45) is 1.64. The lowest BCUT2D eigenvalue weighted by Gasteiger charge is -2.38. The van der Waals surface area contributed by atoms with Gasteiger partial charge in [0.05, 0.1) is 19.6 Å². The predicted octanol–water partition coefficient (Wildman–Crippen LogP) is 6.23. The largest absolute Gasteiger partial charge is 0.467 e. The molecule has 4 atom stereocenters. The van der Waals surface area contributed by atoms with E-state index in [0.29, 0.717) is 19.4 Å². The molecule has 0 saturated carbocycles. The molecule has 2 aliphatic heterocycles. The van der Waals surface area contributed by atoms with E-state index < -0.39 is 41.2 Å². The number of nitrogens with one attached hydrogen (secondary N) is 2. The number of fused-ring (bicyclic) bond motifs is 1. The van der Waals surface area contributed by atoms with Crippen molar-refractivity contribution in [2.75, 3.05) is 20.2 Å². The second-order valence-corrected chi connectivity index (χ2v) is 15.4. The standard InChI is InChI=1S/C45H52N4O6/c1-44(2,3)55-43(53)46-36-29-38-41(51)48(28-27-37(49(38)31-36)26-25-32-17-9-5-10-18-32)39(42(52)54-4)30-40(50)47-45(33-19-11-6-12-20-33,34-21-13-7-14-22-34)35-23-15-8-16-24-35/h5-24,36-39H,25-31H2,1-4H3,(H,46,53)(H,47,50)/t36-,37?,38+,39-/m1/s1. The minimum absolute atomic E-state index is 0.0152. The van der Waals surface area contributed by atoms with Crippen molar-refractivity contribution in [1.29, 1.82) is 0 Å². The maximum absolute atomic E-state index is 14.7. The molecule has 4 aromatic carbocycles. The number of carbonyl (C=O) groups excluding carboxylic acids is 4. The van der Waals surface area contributed by atoms with Gasteiger partial charge in [-0.1, -0.05) is 121 Å². The van der Waals surface area contributed by atoms with Crippen LogP contribution >= 0.6 is 0 Å². The predicted molar refractivity (Wildman–Crippen MR) is 211 cm³/mol. The molecule has 1 unspecified atom stereocenters. The van der Waals surface area contributed by atoms with E-state index in [0.717, 1.165) is 29.5 Å². The van der Waals surface area contributed by atoms with Crippen molar-refractivity contribution in [2.24, 2.45) is 0 Å². The van der Waals surface area contributed by atoms with Gasteiger partial charge in [-0.05, 0) is 68.7 Å². The maximum atomic E-state index is 14.7. The molecule has 2 fully saturated rings. The Balaban J connectivity index is 1.30. The van der Waals surface area contributed by atoms with Gasteiger partial charge in [0.25, 0.3) is 0 Å². The van der Waals surface area contributed by atoms with E-state index in [9.17, 15) is 19.2 Å². The van der Waals surface area contributed by atoms with Crippen LogP contribution in [0.25, 0.3) is 0 Å². The number of aryl methyl sites for hydroxylation is 1. The Morgan fingerprint density at radius 1 is 0.800 bits per heavy atom. The third kappa shape index (κ3) is 9.25. The average molecular weight is 745 g/mol. The number of benzene rings is 4. The first kappa shape index (κ1) is 39.2. The summed E-state index contributed by atoms with van der Waals surface area (Å²) in [5.74, 6) is -1.35. The van der Waals surface area contributed by atoms with Crippen LogP contribution in [0.5, 0.6) is 0 Å². The molecule has 4 aromatic rings. The van der Waals surface area contributed by atoms with Crippen LogP contribution in [0.3, 0.4) is 0 Å². The quantitative estimate of drug-likeness (QED) is 0.131. The minimum Gasteiger partial charge on any atom is -0.467 e. The molecular formula is C45H52N4O6. The molecular weight excluding hydrogens is 693 g/mol. The molecule has 10 nitrogen and oxygen atoms in total. The second kappa shape index (κ2) is 17.3. The van der Waals surface area contributed by atoms with Crippen LogP contribution in [0.2, 0.25) is 0 Å². The molecule has 0 bridgehead atoms. The smallest absolute Gasteiger partial charge is 0.407 e. The van der Waals surface area contributed by atoms with Gasteiger partial charge >= 0.3 is 12.1 Å². The molecule has 2 heterocycles. The average Bonchev–Trinajstić information content (AvgIpc) is 3.55. The third-order valence-corrected chi connectivity index (χ3v) is 10.6. The van der Waals surface area contributed by atoms with Crippen LogP contribution < -0.4 is 10.6 Å². The molecule has 288 valence electrons. The van der Waals surface area contributed by atoms with E-state index in [1.54, 1.807) is 0 Å². The molecule has 2 aliphatic rings. The highest BCUT2D eigenvalue weighted by atomic mass is 16.6. The zero-order chi connectivity index (χ0) is 39.0. The van der Waals surface area contributed by atoms with Crippen LogP contribution in [0, 0.1) is 0 Å². The molecule has 10 heteroatoms. The molecule has 0 spiro atoms. The first-order valence-electron chi connectivity index (χ1n) is 19.1. The fraction of sp³-hybridized carbons (Fsp3) is 0.378. The summed E-state index contributed by atoms with van der Waals surface area (Å²) in [6, 6.07) is 37.3.